The van der Waals surface area contributed by atoms with Crippen LogP contribution in [-0.4, -0.2) is 34.4 Å². The minimum absolute atomic E-state index is 0.0205. The van der Waals surface area contributed by atoms with Crippen molar-refractivity contribution in [3.05, 3.63) is 68.4 Å². The molecule has 1 saturated heterocycles. The van der Waals surface area contributed by atoms with Crippen LogP contribution in [0.4, 0.5) is 0 Å². The van der Waals surface area contributed by atoms with Crippen LogP contribution in [0.5, 0.6) is 5.75 Å². The summed E-state index contributed by atoms with van der Waals surface area (Å²) in [6, 6.07) is 9.10. The van der Waals surface area contributed by atoms with Crippen LogP contribution in [-0.2, 0) is 11.2 Å². The number of amides is 1. The highest BCUT2D eigenvalue weighted by atomic mass is 32.1. The molecule has 1 aliphatic heterocycles. The number of piperidine rings is 1. The van der Waals surface area contributed by atoms with E-state index in [4.69, 9.17) is 9.72 Å². The lowest BCUT2D eigenvalue weighted by molar-refractivity contribution is -0.134. The molecule has 4 rings (SSSR count). The van der Waals surface area contributed by atoms with Gasteiger partial charge < -0.3 is 14.6 Å². The summed E-state index contributed by atoms with van der Waals surface area (Å²) >= 11 is 1.56. The van der Waals surface area contributed by atoms with E-state index in [2.05, 4.69) is 4.98 Å². The molecule has 1 aromatic carbocycles. The third-order valence-corrected chi connectivity index (χ3v) is 6.18. The lowest BCUT2D eigenvalue weighted by Gasteiger charge is -2.35. The van der Waals surface area contributed by atoms with Gasteiger partial charge in [0, 0.05) is 29.1 Å². The van der Waals surface area contributed by atoms with Crippen LogP contribution < -0.4 is 10.3 Å². The monoisotopic (exact) mass is 423 g/mol. The molecule has 0 bridgehead atoms. The number of benzene rings is 1. The predicted octanol–water partition coefficient (Wildman–Crippen LogP) is 4.11. The number of hydrogen-bond acceptors (Lipinski definition) is 5. The number of aryl methyl sites for hydroxylation is 1. The minimum Gasteiger partial charge on any atom is -0.496 e. The number of rotatable bonds is 5. The van der Waals surface area contributed by atoms with Gasteiger partial charge in [0.15, 0.2) is 0 Å². The van der Waals surface area contributed by atoms with Gasteiger partial charge >= 0.3 is 0 Å². The van der Waals surface area contributed by atoms with Gasteiger partial charge in [0.1, 0.15) is 11.6 Å². The van der Waals surface area contributed by atoms with Crippen molar-refractivity contribution in [1.82, 2.24) is 14.9 Å². The fourth-order valence-corrected chi connectivity index (χ4v) is 4.67. The van der Waals surface area contributed by atoms with E-state index in [9.17, 15) is 9.59 Å². The smallest absolute Gasteiger partial charge is 0.251 e. The van der Waals surface area contributed by atoms with E-state index in [0.29, 0.717) is 23.8 Å². The lowest BCUT2D eigenvalue weighted by atomic mass is 9.99. The van der Waals surface area contributed by atoms with Gasteiger partial charge in [-0.05, 0) is 43.7 Å². The normalized spacial score (nSPS) is 16.5. The van der Waals surface area contributed by atoms with Crippen molar-refractivity contribution in [3.63, 3.8) is 0 Å². The van der Waals surface area contributed by atoms with Crippen LogP contribution in [0.3, 0.4) is 0 Å². The van der Waals surface area contributed by atoms with Crippen LogP contribution in [0, 0.1) is 6.92 Å². The van der Waals surface area contributed by atoms with Gasteiger partial charge in [-0.1, -0.05) is 17.7 Å². The molecule has 1 atom stereocenters. The molecule has 2 aromatic heterocycles. The van der Waals surface area contributed by atoms with Gasteiger partial charge in [0.2, 0.25) is 5.91 Å². The van der Waals surface area contributed by atoms with Gasteiger partial charge in [0.05, 0.1) is 25.3 Å². The molecule has 1 amide bonds. The second-order valence-corrected chi connectivity index (χ2v) is 8.40. The highest BCUT2D eigenvalue weighted by Gasteiger charge is 2.30. The van der Waals surface area contributed by atoms with Crippen LogP contribution in [0.1, 0.15) is 42.3 Å². The number of methoxy groups -OCH3 is 1. The topological polar surface area (TPSA) is 75.3 Å². The van der Waals surface area contributed by atoms with Crippen LogP contribution in [0.15, 0.2) is 45.9 Å². The van der Waals surface area contributed by atoms with E-state index >= 15 is 0 Å². The Morgan fingerprint density at radius 3 is 2.93 bits per heavy atom. The zero-order chi connectivity index (χ0) is 21.1. The average molecular weight is 424 g/mol. The molecule has 0 unspecified atom stereocenters. The summed E-state index contributed by atoms with van der Waals surface area (Å²) in [6.45, 7) is 2.66. The number of nitrogens with zero attached hydrogens (tertiary/aromatic N) is 2. The molecular formula is C23H25N3O3S. The third kappa shape index (κ3) is 4.31. The summed E-state index contributed by atoms with van der Waals surface area (Å²) < 4.78 is 5.44. The van der Waals surface area contributed by atoms with Gasteiger partial charge in [-0.15, -0.1) is 0 Å². The summed E-state index contributed by atoms with van der Waals surface area (Å²) in [5, 5.41) is 3.93. The van der Waals surface area contributed by atoms with Crippen molar-refractivity contribution in [3.8, 4) is 17.0 Å². The van der Waals surface area contributed by atoms with E-state index in [1.807, 2.05) is 46.8 Å². The Morgan fingerprint density at radius 2 is 2.17 bits per heavy atom. The molecule has 1 aliphatic rings. The van der Waals surface area contributed by atoms with Crippen molar-refractivity contribution in [2.24, 2.45) is 0 Å². The molecule has 0 aliphatic carbocycles. The first kappa shape index (κ1) is 20.3. The van der Waals surface area contributed by atoms with E-state index in [1.54, 1.807) is 18.4 Å². The van der Waals surface area contributed by atoms with Crippen LogP contribution >= 0.6 is 11.3 Å². The highest BCUT2D eigenvalue weighted by Crippen LogP contribution is 2.31. The van der Waals surface area contributed by atoms with Crippen molar-refractivity contribution < 1.29 is 9.53 Å². The molecule has 0 radical (unpaired) electrons. The first-order valence-corrected chi connectivity index (χ1v) is 11.1. The number of hydrogen-bond donors (Lipinski definition) is 1. The molecule has 3 heterocycles. The average Bonchev–Trinajstić information content (AvgIpc) is 3.28. The Labute approximate surface area is 179 Å². The Kier molecular flexibility index (Phi) is 5.99. The van der Waals surface area contributed by atoms with Gasteiger partial charge in [-0.2, -0.15) is 11.3 Å². The number of thiophene rings is 1. The summed E-state index contributed by atoms with van der Waals surface area (Å²) in [5.41, 5.74) is 3.34. The first-order valence-electron chi connectivity index (χ1n) is 10.1. The summed E-state index contributed by atoms with van der Waals surface area (Å²) in [5.74, 6) is 1.30. The SMILES string of the molecule is COc1ccc(C)cc1CC(=O)N1CCCC[C@@H]1c1nc(-c2ccsc2)cc(=O)[nH]1. The Hall–Kier alpha value is -2.93. The Balaban J connectivity index is 1.63. The number of carbonyl (C=O) groups is 1. The molecular weight excluding hydrogens is 398 g/mol. The van der Waals surface area contributed by atoms with Crippen LogP contribution in [0.25, 0.3) is 11.3 Å². The number of aromatic amines is 1. The number of ether oxygens (including phenoxy) is 1. The number of carbonyl (C=O) groups excluding carboxylic acids is 1. The first-order chi connectivity index (χ1) is 14.5. The molecule has 1 fully saturated rings. The molecule has 0 spiro atoms. The molecule has 30 heavy (non-hydrogen) atoms. The zero-order valence-electron chi connectivity index (χ0n) is 17.2. The molecule has 3 aromatic rings. The van der Waals surface area contributed by atoms with E-state index in [-0.39, 0.29) is 23.9 Å². The number of aromatic nitrogens is 2. The van der Waals surface area contributed by atoms with Crippen molar-refractivity contribution in [2.75, 3.05) is 13.7 Å². The van der Waals surface area contributed by atoms with E-state index in [1.165, 1.54) is 6.07 Å². The lowest BCUT2D eigenvalue weighted by Crippen LogP contribution is -2.40. The maximum atomic E-state index is 13.3. The van der Waals surface area contributed by atoms with E-state index in [0.717, 1.165) is 36.0 Å². The van der Waals surface area contributed by atoms with Crippen molar-refractivity contribution in [2.45, 2.75) is 38.6 Å². The Bertz CT molecular complexity index is 1090. The van der Waals surface area contributed by atoms with Crippen molar-refractivity contribution in [1.29, 1.82) is 0 Å². The molecule has 0 saturated carbocycles. The minimum atomic E-state index is -0.228. The van der Waals surface area contributed by atoms with Gasteiger partial charge in [-0.3, -0.25) is 9.59 Å². The number of likely N-dealkylation sites (tertiary alicyclic amines) is 1. The zero-order valence-corrected chi connectivity index (χ0v) is 18.0. The third-order valence-electron chi connectivity index (χ3n) is 5.49. The van der Waals surface area contributed by atoms with Crippen molar-refractivity contribution >= 4 is 17.2 Å². The number of H-pyrrole nitrogens is 1. The quantitative estimate of drug-likeness (QED) is 0.670. The standard InChI is InChI=1S/C23H25N3O3S/c1-15-6-7-20(29-2)17(11-15)12-22(28)26-9-4-3-5-19(26)23-24-18(13-21(27)25-23)16-8-10-30-14-16/h6-8,10-11,13-14,19H,3-5,9,12H2,1-2H3,(H,24,25,27)/t19-/m1/s1. The van der Waals surface area contributed by atoms with Crippen LogP contribution in [0.2, 0.25) is 0 Å². The van der Waals surface area contributed by atoms with Gasteiger partial charge in [0.25, 0.3) is 5.56 Å². The molecule has 156 valence electrons. The second kappa shape index (κ2) is 8.83. The maximum Gasteiger partial charge on any atom is 0.251 e. The van der Waals surface area contributed by atoms with E-state index < -0.39 is 0 Å². The maximum absolute atomic E-state index is 13.3. The fourth-order valence-electron chi connectivity index (χ4n) is 4.02. The molecule has 6 nitrogen and oxygen atoms in total. The second-order valence-electron chi connectivity index (χ2n) is 7.62. The summed E-state index contributed by atoms with van der Waals surface area (Å²) in [4.78, 5) is 35.1. The molecule has 7 heteroatoms. The fraction of sp³-hybridized carbons (Fsp3) is 0.348. The molecule has 1 N–H and O–H groups in total. The summed E-state index contributed by atoms with van der Waals surface area (Å²) in [7, 11) is 1.62. The Morgan fingerprint density at radius 1 is 1.30 bits per heavy atom. The number of nitrogens with one attached hydrogen (secondary N) is 1. The van der Waals surface area contributed by atoms with Gasteiger partial charge in [-0.25, -0.2) is 4.98 Å². The largest absolute Gasteiger partial charge is 0.496 e. The highest BCUT2D eigenvalue weighted by molar-refractivity contribution is 7.08. The predicted molar refractivity (Wildman–Crippen MR) is 118 cm³/mol. The summed E-state index contributed by atoms with van der Waals surface area (Å²) in [6.07, 6.45) is 2.98.